The molecule has 0 radical (unpaired) electrons. The number of carbonyl (C=O) groups excluding carboxylic acids is 2. The maximum absolute atomic E-state index is 12.7. The lowest BCUT2D eigenvalue weighted by Gasteiger charge is -2.19. The first-order valence-corrected chi connectivity index (χ1v) is 27.6. The summed E-state index contributed by atoms with van der Waals surface area (Å²) in [7, 11) is -4.39. The second-order valence-corrected chi connectivity index (χ2v) is 18.8. The highest BCUT2D eigenvalue weighted by molar-refractivity contribution is 7.47. The summed E-state index contributed by atoms with van der Waals surface area (Å²) in [4.78, 5) is 35.1. The van der Waals surface area contributed by atoms with Crippen molar-refractivity contribution in [3.63, 3.8) is 0 Å². The fourth-order valence-electron chi connectivity index (χ4n) is 7.28. The summed E-state index contributed by atoms with van der Waals surface area (Å²) < 4.78 is 32.9. The minimum absolute atomic E-state index is 0.0512. The zero-order valence-corrected chi connectivity index (χ0v) is 41.7. The Kier molecular flexibility index (Phi) is 47.8. The Labute approximate surface area is 387 Å². The van der Waals surface area contributed by atoms with E-state index in [0.29, 0.717) is 6.42 Å². The molecule has 0 saturated heterocycles. The molecule has 3 N–H and O–H groups in total. The van der Waals surface area contributed by atoms with Crippen molar-refractivity contribution in [1.29, 1.82) is 0 Å². The molecule has 0 aliphatic heterocycles. The van der Waals surface area contributed by atoms with Gasteiger partial charge in [-0.1, -0.05) is 204 Å². The molecule has 368 valence electrons. The van der Waals surface area contributed by atoms with Crippen molar-refractivity contribution in [2.24, 2.45) is 5.73 Å². The van der Waals surface area contributed by atoms with Crippen molar-refractivity contribution < 1.29 is 37.6 Å². The predicted octanol–water partition coefficient (Wildman–Crippen LogP) is 15.8. The molecule has 0 amide bonds. The largest absolute Gasteiger partial charge is 0.472 e. The standard InChI is InChI=1S/C53H98NO8P/c1-3-5-7-9-11-13-15-17-19-21-23-25-27-29-31-33-35-37-39-41-43-45-52(55)59-49-51(50-61-63(57,58)60-48-47-54)62-53(56)46-44-42-40-38-36-34-32-30-28-26-24-22-20-18-16-14-12-10-8-6-4-2/h15-18,21-24,51H,3-14,19-20,25-50,54H2,1-2H3,(H,57,58)/b17-15-,18-16-,23-21-,24-22-. The van der Waals surface area contributed by atoms with Crippen LogP contribution >= 0.6 is 7.82 Å². The predicted molar refractivity (Wildman–Crippen MR) is 266 cm³/mol. The van der Waals surface area contributed by atoms with Gasteiger partial charge in [-0.3, -0.25) is 18.6 Å². The van der Waals surface area contributed by atoms with Gasteiger partial charge in [0.05, 0.1) is 13.2 Å². The second-order valence-electron chi connectivity index (χ2n) is 17.4. The van der Waals surface area contributed by atoms with Gasteiger partial charge in [0.1, 0.15) is 6.61 Å². The number of phosphoric ester groups is 1. The Balaban J connectivity index is 4.05. The number of allylic oxidation sites excluding steroid dienone is 8. The van der Waals surface area contributed by atoms with E-state index in [2.05, 4.69) is 62.5 Å². The van der Waals surface area contributed by atoms with E-state index in [4.69, 9.17) is 24.3 Å². The molecule has 0 aliphatic rings. The van der Waals surface area contributed by atoms with Gasteiger partial charge >= 0.3 is 19.8 Å². The van der Waals surface area contributed by atoms with Crippen molar-refractivity contribution in [2.75, 3.05) is 26.4 Å². The van der Waals surface area contributed by atoms with E-state index in [1.165, 1.54) is 154 Å². The molecular weight excluding hydrogens is 810 g/mol. The lowest BCUT2D eigenvalue weighted by molar-refractivity contribution is -0.161. The lowest BCUT2D eigenvalue weighted by atomic mass is 10.1. The lowest BCUT2D eigenvalue weighted by Crippen LogP contribution is -2.29. The second kappa shape index (κ2) is 49.4. The maximum Gasteiger partial charge on any atom is 0.472 e. The highest BCUT2D eigenvalue weighted by Crippen LogP contribution is 2.43. The first-order chi connectivity index (χ1) is 30.8. The highest BCUT2D eigenvalue weighted by atomic mass is 31.2. The van der Waals surface area contributed by atoms with Crippen LogP contribution in [-0.2, 0) is 32.7 Å². The van der Waals surface area contributed by atoms with Gasteiger partial charge in [-0.05, 0) is 77.0 Å². The summed E-state index contributed by atoms with van der Waals surface area (Å²) in [6.07, 6.45) is 58.6. The molecule has 0 fully saturated rings. The Morgan fingerprint density at radius 2 is 0.825 bits per heavy atom. The number of unbranched alkanes of at least 4 members (excludes halogenated alkanes) is 28. The van der Waals surface area contributed by atoms with Crippen LogP contribution in [0.1, 0.15) is 245 Å². The van der Waals surface area contributed by atoms with Gasteiger partial charge in [-0.15, -0.1) is 0 Å². The number of ether oxygens (including phenoxy) is 2. The number of nitrogens with two attached hydrogens (primary N) is 1. The van der Waals surface area contributed by atoms with Crippen molar-refractivity contribution >= 4 is 19.8 Å². The smallest absolute Gasteiger partial charge is 0.462 e. The van der Waals surface area contributed by atoms with Gasteiger partial charge in [-0.2, -0.15) is 0 Å². The molecule has 63 heavy (non-hydrogen) atoms. The van der Waals surface area contributed by atoms with Gasteiger partial charge in [-0.25, -0.2) is 4.57 Å². The molecule has 2 atom stereocenters. The number of hydrogen-bond acceptors (Lipinski definition) is 8. The van der Waals surface area contributed by atoms with Gasteiger partial charge in [0.2, 0.25) is 0 Å². The van der Waals surface area contributed by atoms with E-state index in [-0.39, 0.29) is 38.6 Å². The van der Waals surface area contributed by atoms with Gasteiger partial charge in [0.15, 0.2) is 6.10 Å². The molecular formula is C53H98NO8P. The number of carbonyl (C=O) groups is 2. The zero-order chi connectivity index (χ0) is 46.0. The number of rotatable bonds is 49. The average molecular weight is 908 g/mol. The zero-order valence-electron chi connectivity index (χ0n) is 40.8. The number of phosphoric acid groups is 1. The molecule has 0 heterocycles. The van der Waals surface area contributed by atoms with E-state index in [0.717, 1.165) is 57.8 Å². The van der Waals surface area contributed by atoms with Crippen LogP contribution < -0.4 is 5.73 Å². The maximum atomic E-state index is 12.7. The van der Waals surface area contributed by atoms with Crippen LogP contribution in [0.25, 0.3) is 0 Å². The summed E-state index contributed by atoms with van der Waals surface area (Å²) in [5.41, 5.74) is 5.37. The molecule has 0 bridgehead atoms. The first-order valence-electron chi connectivity index (χ1n) is 26.1. The van der Waals surface area contributed by atoms with E-state index in [9.17, 15) is 19.0 Å². The third-order valence-corrected chi connectivity index (χ3v) is 12.2. The van der Waals surface area contributed by atoms with Crippen LogP contribution in [0.15, 0.2) is 48.6 Å². The average Bonchev–Trinajstić information content (AvgIpc) is 3.27. The van der Waals surface area contributed by atoms with Crippen LogP contribution in [0.4, 0.5) is 0 Å². The molecule has 10 heteroatoms. The van der Waals surface area contributed by atoms with Crippen LogP contribution in [0.2, 0.25) is 0 Å². The van der Waals surface area contributed by atoms with Gasteiger partial charge in [0.25, 0.3) is 0 Å². The summed E-state index contributed by atoms with van der Waals surface area (Å²) in [6, 6.07) is 0. The van der Waals surface area contributed by atoms with Gasteiger partial charge < -0.3 is 20.1 Å². The normalized spacial score (nSPS) is 13.5. The van der Waals surface area contributed by atoms with E-state index in [1.54, 1.807) is 0 Å². The quantitative estimate of drug-likeness (QED) is 0.0265. The van der Waals surface area contributed by atoms with E-state index < -0.39 is 26.5 Å². The molecule has 0 rings (SSSR count). The molecule has 0 aromatic heterocycles. The molecule has 0 aliphatic carbocycles. The van der Waals surface area contributed by atoms with Crippen molar-refractivity contribution in [3.8, 4) is 0 Å². The monoisotopic (exact) mass is 908 g/mol. The molecule has 0 saturated carbocycles. The fourth-order valence-corrected chi connectivity index (χ4v) is 8.05. The van der Waals surface area contributed by atoms with Crippen LogP contribution in [0, 0.1) is 0 Å². The minimum atomic E-state index is -4.39. The third kappa shape index (κ3) is 49.2. The van der Waals surface area contributed by atoms with Gasteiger partial charge in [0, 0.05) is 19.4 Å². The molecule has 9 nitrogen and oxygen atoms in total. The summed E-state index contributed by atoms with van der Waals surface area (Å²) in [6.45, 7) is 3.73. The highest BCUT2D eigenvalue weighted by Gasteiger charge is 2.26. The van der Waals surface area contributed by atoms with Crippen molar-refractivity contribution in [3.05, 3.63) is 48.6 Å². The van der Waals surface area contributed by atoms with Crippen LogP contribution in [-0.4, -0.2) is 49.3 Å². The topological polar surface area (TPSA) is 134 Å². The number of esters is 2. The summed E-state index contributed by atoms with van der Waals surface area (Å²) in [5, 5.41) is 0. The molecule has 2 unspecified atom stereocenters. The minimum Gasteiger partial charge on any atom is -0.462 e. The SMILES string of the molecule is CCCCCCC/C=C\C/C=C\CCCCCCCCCCCC(=O)OCC(COP(=O)(O)OCCN)OC(=O)CCCCCCCCCCC/C=C\C/C=C\CCCCCCC. The van der Waals surface area contributed by atoms with Crippen LogP contribution in [0.3, 0.4) is 0 Å². The van der Waals surface area contributed by atoms with Crippen molar-refractivity contribution in [1.82, 2.24) is 0 Å². The Bertz CT molecular complexity index is 1170. The summed E-state index contributed by atoms with van der Waals surface area (Å²) >= 11 is 0. The first kappa shape index (κ1) is 61.0. The van der Waals surface area contributed by atoms with Crippen LogP contribution in [0.5, 0.6) is 0 Å². The molecule has 0 spiro atoms. The summed E-state index contributed by atoms with van der Waals surface area (Å²) in [5.74, 6) is -0.832. The van der Waals surface area contributed by atoms with Crippen molar-refractivity contribution in [2.45, 2.75) is 251 Å². The Morgan fingerprint density at radius 3 is 1.21 bits per heavy atom. The Hall–Kier alpha value is -2.03. The Morgan fingerprint density at radius 1 is 0.476 bits per heavy atom. The fraction of sp³-hybridized carbons (Fsp3) is 0.811. The molecule has 0 aromatic carbocycles. The van der Waals surface area contributed by atoms with E-state index >= 15 is 0 Å². The molecule has 0 aromatic rings. The van der Waals surface area contributed by atoms with E-state index in [1.807, 2.05) is 0 Å². The number of hydrogen-bond donors (Lipinski definition) is 2. The third-order valence-electron chi connectivity index (χ3n) is 11.2.